The van der Waals surface area contributed by atoms with Crippen molar-refractivity contribution < 1.29 is 109 Å². The summed E-state index contributed by atoms with van der Waals surface area (Å²) in [5, 5.41) is 151. The fourth-order valence-corrected chi connectivity index (χ4v) is 15.8. The molecule has 7 fully saturated rings. The summed E-state index contributed by atoms with van der Waals surface area (Å²) in [5.41, 5.74) is 1.80. The summed E-state index contributed by atoms with van der Waals surface area (Å²) in [6.07, 6.45) is -22.2. The van der Waals surface area contributed by atoms with E-state index in [1.54, 1.807) is 0 Å². The van der Waals surface area contributed by atoms with Crippen LogP contribution in [0.25, 0.3) is 0 Å². The first-order valence-corrected chi connectivity index (χ1v) is 27.5. The minimum atomic E-state index is -1.93. The zero-order chi connectivity index (χ0) is 55.4. The third-order valence-corrected chi connectivity index (χ3v) is 20.9. The summed E-state index contributed by atoms with van der Waals surface area (Å²) < 4.78 is 48.5. The lowest BCUT2D eigenvalue weighted by Crippen LogP contribution is -2.67. The lowest BCUT2D eigenvalue weighted by molar-refractivity contribution is -0.388. The van der Waals surface area contributed by atoms with Crippen molar-refractivity contribution in [1.82, 2.24) is 0 Å². The summed E-state index contributed by atoms with van der Waals surface area (Å²) in [7, 11) is 0. The average Bonchev–Trinajstić information content (AvgIpc) is 3.47. The van der Waals surface area contributed by atoms with Gasteiger partial charge in [0.25, 0.3) is 0 Å². The summed E-state index contributed by atoms with van der Waals surface area (Å²) in [5.74, 6) is 0.292. The van der Waals surface area contributed by atoms with Crippen LogP contribution in [0.3, 0.4) is 0 Å². The highest BCUT2D eigenvalue weighted by Crippen LogP contribution is 2.74. The Morgan fingerprint density at radius 2 is 1.01 bits per heavy atom. The first-order chi connectivity index (χ1) is 35.7. The predicted molar refractivity (Wildman–Crippen MR) is 263 cm³/mol. The van der Waals surface area contributed by atoms with Crippen molar-refractivity contribution in [2.75, 3.05) is 33.0 Å². The Balaban J connectivity index is 0.984. The van der Waals surface area contributed by atoms with Gasteiger partial charge in [0.15, 0.2) is 25.2 Å². The number of fused-ring (bicyclic) bond motifs is 6. The maximum atomic E-state index is 12.0. The van der Waals surface area contributed by atoms with E-state index in [4.69, 9.17) is 37.9 Å². The van der Waals surface area contributed by atoms with Crippen LogP contribution in [0.15, 0.2) is 23.3 Å². The SMILES string of the molecule is CC1(C)CCC2(CO)CCC3(C)C(=C2C1)C=CC1C2(C)CCC(OC4OC(COC5OC(CO)C(O)C(O)C5OC5OC(CO)C(O)C(O)C5O)C(O)C(O)C4OC4OC(CO)C(O)C(O)C4O)C(C)(C)C2CCC13C. The van der Waals surface area contributed by atoms with Crippen LogP contribution < -0.4 is 0 Å². The highest BCUT2D eigenvalue weighted by Gasteiger charge is 2.68. The zero-order valence-electron chi connectivity index (χ0n) is 44.9. The molecule has 436 valence electrons. The number of ether oxygens (including phenoxy) is 8. The monoisotopic (exact) mass is 1090 g/mol. The third kappa shape index (κ3) is 9.73. The Labute approximate surface area is 444 Å². The maximum Gasteiger partial charge on any atom is 0.187 e. The van der Waals surface area contributed by atoms with E-state index in [0.717, 1.165) is 51.4 Å². The van der Waals surface area contributed by atoms with Gasteiger partial charge in [-0.3, -0.25) is 0 Å². The molecule has 9 aliphatic rings. The van der Waals surface area contributed by atoms with Crippen molar-refractivity contribution in [3.8, 4) is 0 Å². The summed E-state index contributed by atoms with van der Waals surface area (Å²) in [4.78, 5) is 0. The molecule has 0 bridgehead atoms. The molecular formula is C54H88O22. The van der Waals surface area contributed by atoms with Gasteiger partial charge in [-0.05, 0) is 102 Å². The van der Waals surface area contributed by atoms with Crippen molar-refractivity contribution in [2.45, 2.75) is 235 Å². The van der Waals surface area contributed by atoms with E-state index < -0.39 is 161 Å². The van der Waals surface area contributed by atoms with Crippen LogP contribution in [-0.2, 0) is 37.9 Å². The van der Waals surface area contributed by atoms with E-state index >= 15 is 0 Å². The number of hydrogen-bond acceptors (Lipinski definition) is 22. The van der Waals surface area contributed by atoms with E-state index in [9.17, 15) is 71.5 Å². The molecule has 4 aliphatic heterocycles. The molecule has 4 heterocycles. The van der Waals surface area contributed by atoms with E-state index in [1.807, 2.05) is 0 Å². The van der Waals surface area contributed by atoms with Crippen molar-refractivity contribution in [3.63, 3.8) is 0 Å². The van der Waals surface area contributed by atoms with Gasteiger partial charge in [-0.25, -0.2) is 0 Å². The van der Waals surface area contributed by atoms with Crippen LogP contribution >= 0.6 is 0 Å². The predicted octanol–water partition coefficient (Wildman–Crippen LogP) is -1.64. The highest BCUT2D eigenvalue weighted by atomic mass is 16.8. The van der Waals surface area contributed by atoms with Crippen molar-refractivity contribution >= 4 is 0 Å². The Morgan fingerprint density at radius 1 is 0.513 bits per heavy atom. The second-order valence-electron chi connectivity index (χ2n) is 26.0. The average molecular weight is 1090 g/mol. The molecule has 0 aromatic rings. The van der Waals surface area contributed by atoms with Crippen LogP contribution in [0.2, 0.25) is 0 Å². The molecule has 27 atom stereocenters. The topological polar surface area (TPSA) is 357 Å². The van der Waals surface area contributed by atoms with Crippen molar-refractivity contribution in [3.05, 3.63) is 23.3 Å². The lowest BCUT2D eigenvalue weighted by Gasteiger charge is -2.69. The fraction of sp³-hybridized carbons (Fsp3) is 0.926. The second-order valence-corrected chi connectivity index (χ2v) is 26.0. The summed E-state index contributed by atoms with van der Waals surface area (Å²) >= 11 is 0. The molecule has 0 spiro atoms. The number of rotatable bonds is 13. The van der Waals surface area contributed by atoms with Gasteiger partial charge in [0, 0.05) is 5.41 Å². The zero-order valence-corrected chi connectivity index (χ0v) is 44.9. The molecule has 9 rings (SSSR count). The fourth-order valence-electron chi connectivity index (χ4n) is 15.8. The molecule has 27 unspecified atom stereocenters. The number of aliphatic hydroxyl groups excluding tert-OH is 14. The Hall–Kier alpha value is -1.40. The largest absolute Gasteiger partial charge is 0.395 e. The molecule has 0 aromatic carbocycles. The van der Waals surface area contributed by atoms with Gasteiger partial charge in [0.05, 0.1) is 39.1 Å². The summed E-state index contributed by atoms with van der Waals surface area (Å²) in [6, 6.07) is 0. The highest BCUT2D eigenvalue weighted by molar-refractivity contribution is 5.46. The third-order valence-electron chi connectivity index (χ3n) is 20.9. The number of allylic oxidation sites excluding steroid dienone is 3. The number of hydrogen-bond donors (Lipinski definition) is 14. The second kappa shape index (κ2) is 21.7. The molecule has 76 heavy (non-hydrogen) atoms. The van der Waals surface area contributed by atoms with Gasteiger partial charge in [0.2, 0.25) is 0 Å². The van der Waals surface area contributed by atoms with Gasteiger partial charge in [-0.1, -0.05) is 66.2 Å². The first-order valence-electron chi connectivity index (χ1n) is 27.5. The minimum absolute atomic E-state index is 0.0984. The van der Waals surface area contributed by atoms with Gasteiger partial charge in [-0.15, -0.1) is 0 Å². The first kappa shape index (κ1) is 59.2. The molecule has 22 heteroatoms. The van der Waals surface area contributed by atoms with Crippen LogP contribution in [0.4, 0.5) is 0 Å². The Morgan fingerprint density at radius 3 is 1.57 bits per heavy atom. The minimum Gasteiger partial charge on any atom is -0.395 e. The van der Waals surface area contributed by atoms with Crippen molar-refractivity contribution in [1.29, 1.82) is 0 Å². The van der Waals surface area contributed by atoms with Crippen LogP contribution in [-0.4, -0.2) is 233 Å². The van der Waals surface area contributed by atoms with E-state index in [1.165, 1.54) is 11.1 Å². The molecular weight excluding hydrogens is 1000 g/mol. The lowest BCUT2D eigenvalue weighted by atomic mass is 9.35. The molecule has 22 nitrogen and oxygen atoms in total. The van der Waals surface area contributed by atoms with Crippen LogP contribution in [0.1, 0.15) is 106 Å². The molecule has 5 aliphatic carbocycles. The van der Waals surface area contributed by atoms with Gasteiger partial charge >= 0.3 is 0 Å². The Kier molecular flexibility index (Phi) is 16.9. The number of aliphatic hydroxyl groups is 14. The molecule has 0 radical (unpaired) electrons. The van der Waals surface area contributed by atoms with Crippen LogP contribution in [0, 0.1) is 44.3 Å². The van der Waals surface area contributed by atoms with Gasteiger partial charge < -0.3 is 109 Å². The molecule has 4 saturated heterocycles. The molecule has 3 saturated carbocycles. The molecule has 0 aromatic heterocycles. The van der Waals surface area contributed by atoms with E-state index in [-0.39, 0.29) is 45.5 Å². The quantitative estimate of drug-likeness (QED) is 0.0920. The van der Waals surface area contributed by atoms with Crippen LogP contribution in [0.5, 0.6) is 0 Å². The smallest absolute Gasteiger partial charge is 0.187 e. The van der Waals surface area contributed by atoms with E-state index in [0.29, 0.717) is 6.42 Å². The van der Waals surface area contributed by atoms with Gasteiger partial charge in [0.1, 0.15) is 97.7 Å². The Bertz CT molecular complexity index is 2090. The van der Waals surface area contributed by atoms with E-state index in [2.05, 4.69) is 60.6 Å². The van der Waals surface area contributed by atoms with Crippen molar-refractivity contribution in [2.24, 2.45) is 44.3 Å². The maximum absolute atomic E-state index is 12.0. The molecule has 0 amide bonds. The van der Waals surface area contributed by atoms with Gasteiger partial charge in [-0.2, -0.15) is 0 Å². The standard InChI is InChI=1S/C54H88O22/c1-49(2)14-16-54(23-58)17-15-52(6)24(25(54)18-49)8-9-31-51(5)12-11-32(50(3,4)30(51)10-13-53(31,52)7)74-48-44(76-46-42(68)38(64)34(60)27(20-56)71-46)40(66)36(62)29(73-48)22-69-47-43(39(65)35(61)28(21-57)72-47)75-45-41(67)37(63)33(59)26(19-55)70-45/h8-9,26-48,55-68H,10-23H2,1-7H3. The molecule has 14 N–H and O–H groups in total. The summed E-state index contributed by atoms with van der Waals surface area (Å²) in [6.45, 7) is 13.4. The normalized spacial score (nSPS) is 53.0.